The zero-order chi connectivity index (χ0) is 20.6. The molecule has 12 heteroatoms. The summed E-state index contributed by atoms with van der Waals surface area (Å²) in [6.45, 7) is 2.95. The molecule has 1 saturated heterocycles. The Balaban J connectivity index is 2.17. The molecule has 152 valence electrons. The molecule has 0 amide bonds. The number of nitrogens with two attached hydrogens (primary N) is 1. The minimum absolute atomic E-state index is 0.00260. The van der Waals surface area contributed by atoms with Crippen molar-refractivity contribution in [1.29, 1.82) is 0 Å². The van der Waals surface area contributed by atoms with Gasteiger partial charge in [-0.1, -0.05) is 34.8 Å². The molecule has 0 spiro atoms. The van der Waals surface area contributed by atoms with Crippen molar-refractivity contribution in [2.75, 3.05) is 50.1 Å². The quantitative estimate of drug-likeness (QED) is 0.542. The first kappa shape index (κ1) is 21.2. The summed E-state index contributed by atoms with van der Waals surface area (Å²) in [5.74, 6) is 0.0456. The van der Waals surface area contributed by atoms with E-state index in [0.29, 0.717) is 13.1 Å². The van der Waals surface area contributed by atoms with Gasteiger partial charge < -0.3 is 19.7 Å². The van der Waals surface area contributed by atoms with Gasteiger partial charge >= 0.3 is 10.1 Å². The van der Waals surface area contributed by atoms with Gasteiger partial charge in [0, 0.05) is 36.8 Å². The van der Waals surface area contributed by atoms with E-state index in [-0.39, 0.29) is 43.8 Å². The Bertz CT molecular complexity index is 1010. The fourth-order valence-corrected chi connectivity index (χ4v) is 3.89. The molecule has 8 nitrogen and oxygen atoms in total. The van der Waals surface area contributed by atoms with Crippen LogP contribution in [0.1, 0.15) is 0 Å². The summed E-state index contributed by atoms with van der Waals surface area (Å²) < 4.78 is 28.7. The Morgan fingerprint density at radius 1 is 1.11 bits per heavy atom. The van der Waals surface area contributed by atoms with E-state index >= 15 is 0 Å². The van der Waals surface area contributed by atoms with Crippen LogP contribution in [0.3, 0.4) is 0 Å². The third kappa shape index (κ3) is 4.72. The van der Waals surface area contributed by atoms with Crippen LogP contribution in [0.25, 0.3) is 11.1 Å². The highest BCUT2D eigenvalue weighted by Gasteiger charge is 2.25. The third-order valence-electron chi connectivity index (χ3n) is 4.17. The Morgan fingerprint density at radius 2 is 1.75 bits per heavy atom. The van der Waals surface area contributed by atoms with Crippen LogP contribution in [-0.4, -0.2) is 62.8 Å². The highest BCUT2D eigenvalue weighted by molar-refractivity contribution is 7.86. The number of halogens is 3. The number of anilines is 2. The van der Waals surface area contributed by atoms with Crippen LogP contribution in [0, 0.1) is 0 Å². The fourth-order valence-electron chi connectivity index (χ4n) is 2.79. The van der Waals surface area contributed by atoms with Crippen molar-refractivity contribution in [1.82, 2.24) is 14.9 Å². The monoisotopic (exact) mass is 465 g/mol. The molecular formula is C16H18Cl3N5O3S. The topological polar surface area (TPSA) is 102 Å². The summed E-state index contributed by atoms with van der Waals surface area (Å²) in [7, 11) is -1.88. The standard InChI is InChI=1S/C16H18Cl3N5O3S/c1-23-3-5-24(6-4-23)16-21-14(20)12(15(22-16)27-28(2,25)26)10-7-9(17)8-11(18)13(10)19/h7-8H,3-6H2,1-2H3,(H2,20,21,22). The number of hydrogen-bond acceptors (Lipinski definition) is 8. The van der Waals surface area contributed by atoms with Crippen molar-refractivity contribution in [2.45, 2.75) is 0 Å². The predicted molar refractivity (Wildman–Crippen MR) is 112 cm³/mol. The molecule has 0 saturated carbocycles. The predicted octanol–water partition coefficient (Wildman–Crippen LogP) is 2.78. The van der Waals surface area contributed by atoms with E-state index in [1.54, 1.807) is 0 Å². The molecule has 0 atom stereocenters. The molecule has 1 aromatic heterocycles. The fraction of sp³-hybridized carbons (Fsp3) is 0.375. The maximum atomic E-state index is 11.8. The molecule has 2 aromatic rings. The first-order valence-corrected chi connectivity index (χ1v) is 11.2. The van der Waals surface area contributed by atoms with Crippen LogP contribution in [0.15, 0.2) is 12.1 Å². The van der Waals surface area contributed by atoms with Crippen molar-refractivity contribution in [3.05, 3.63) is 27.2 Å². The van der Waals surface area contributed by atoms with Crippen LogP contribution in [0.4, 0.5) is 11.8 Å². The Kier molecular flexibility index (Phi) is 6.11. The number of hydrogen-bond donors (Lipinski definition) is 1. The van der Waals surface area contributed by atoms with Gasteiger partial charge in [-0.3, -0.25) is 0 Å². The van der Waals surface area contributed by atoms with Gasteiger partial charge in [0.2, 0.25) is 11.8 Å². The van der Waals surface area contributed by atoms with Crippen LogP contribution in [-0.2, 0) is 10.1 Å². The lowest BCUT2D eigenvalue weighted by Gasteiger charge is -2.32. The number of likely N-dealkylation sites (N-methyl/N-ethyl adjacent to an activating group) is 1. The molecular weight excluding hydrogens is 449 g/mol. The van der Waals surface area contributed by atoms with Crippen LogP contribution >= 0.6 is 34.8 Å². The Hall–Kier alpha value is -1.52. The van der Waals surface area contributed by atoms with Gasteiger partial charge in [-0.05, 0) is 19.2 Å². The lowest BCUT2D eigenvalue weighted by Crippen LogP contribution is -2.45. The normalized spacial score (nSPS) is 15.7. The van der Waals surface area contributed by atoms with Crippen LogP contribution < -0.4 is 14.8 Å². The largest absolute Gasteiger partial charge is 0.383 e. The molecule has 0 bridgehead atoms. The van der Waals surface area contributed by atoms with E-state index in [9.17, 15) is 8.42 Å². The molecule has 0 unspecified atom stereocenters. The van der Waals surface area contributed by atoms with Gasteiger partial charge in [-0.25, -0.2) is 0 Å². The van der Waals surface area contributed by atoms with Gasteiger partial charge in [0.15, 0.2) is 0 Å². The first-order valence-electron chi connectivity index (χ1n) is 8.20. The summed E-state index contributed by atoms with van der Waals surface area (Å²) in [5, 5.41) is 0.598. The minimum atomic E-state index is -3.90. The van der Waals surface area contributed by atoms with Gasteiger partial charge in [-0.2, -0.15) is 18.4 Å². The highest BCUT2D eigenvalue weighted by Crippen LogP contribution is 2.43. The van der Waals surface area contributed by atoms with E-state index in [2.05, 4.69) is 14.9 Å². The molecule has 2 heterocycles. The summed E-state index contributed by atoms with van der Waals surface area (Å²) >= 11 is 18.5. The molecule has 1 aliphatic rings. The summed E-state index contributed by atoms with van der Waals surface area (Å²) in [6.07, 6.45) is 0.914. The van der Waals surface area contributed by atoms with E-state index < -0.39 is 10.1 Å². The second kappa shape index (κ2) is 8.08. The van der Waals surface area contributed by atoms with Crippen molar-refractivity contribution in [3.8, 4) is 17.0 Å². The Morgan fingerprint density at radius 3 is 2.36 bits per heavy atom. The lowest BCUT2D eigenvalue weighted by molar-refractivity contribution is 0.311. The molecule has 0 radical (unpaired) electrons. The summed E-state index contributed by atoms with van der Waals surface area (Å²) in [6, 6.07) is 2.96. The molecule has 3 rings (SSSR count). The highest BCUT2D eigenvalue weighted by atomic mass is 35.5. The van der Waals surface area contributed by atoms with Gasteiger partial charge in [0.25, 0.3) is 0 Å². The van der Waals surface area contributed by atoms with Gasteiger partial charge in [-0.15, -0.1) is 0 Å². The van der Waals surface area contributed by atoms with Gasteiger partial charge in [0.05, 0.1) is 21.9 Å². The zero-order valence-electron chi connectivity index (χ0n) is 15.1. The van der Waals surface area contributed by atoms with Crippen molar-refractivity contribution < 1.29 is 12.6 Å². The lowest BCUT2D eigenvalue weighted by atomic mass is 10.1. The molecule has 2 N–H and O–H groups in total. The second-order valence-corrected chi connectivity index (χ2v) is 9.21. The van der Waals surface area contributed by atoms with Crippen LogP contribution in [0.5, 0.6) is 5.88 Å². The average molecular weight is 467 g/mol. The maximum Gasteiger partial charge on any atom is 0.307 e. The smallest absolute Gasteiger partial charge is 0.307 e. The zero-order valence-corrected chi connectivity index (χ0v) is 18.2. The number of aromatic nitrogens is 2. The molecule has 0 aliphatic carbocycles. The minimum Gasteiger partial charge on any atom is -0.383 e. The summed E-state index contributed by atoms with van der Waals surface area (Å²) in [5.41, 5.74) is 6.56. The van der Waals surface area contributed by atoms with Gasteiger partial charge in [0.1, 0.15) is 5.82 Å². The second-order valence-electron chi connectivity index (χ2n) is 6.42. The maximum absolute atomic E-state index is 11.8. The van der Waals surface area contributed by atoms with E-state index in [1.165, 1.54) is 12.1 Å². The van der Waals surface area contributed by atoms with Crippen LogP contribution in [0.2, 0.25) is 15.1 Å². The first-order chi connectivity index (χ1) is 13.0. The molecule has 1 fully saturated rings. The molecule has 28 heavy (non-hydrogen) atoms. The van der Waals surface area contributed by atoms with Crippen molar-refractivity contribution in [3.63, 3.8) is 0 Å². The molecule has 1 aliphatic heterocycles. The number of nitrogens with zero attached hydrogens (tertiary/aromatic N) is 4. The van der Waals surface area contributed by atoms with Crippen molar-refractivity contribution >= 4 is 56.7 Å². The van der Waals surface area contributed by atoms with Crippen molar-refractivity contribution in [2.24, 2.45) is 0 Å². The summed E-state index contributed by atoms with van der Waals surface area (Å²) in [4.78, 5) is 12.7. The average Bonchev–Trinajstić information content (AvgIpc) is 2.57. The Labute approximate surface area is 178 Å². The number of benzene rings is 1. The van der Waals surface area contributed by atoms with E-state index in [1.807, 2.05) is 11.9 Å². The number of rotatable bonds is 4. The van der Waals surface area contributed by atoms with E-state index in [4.69, 9.17) is 44.7 Å². The number of piperazine rings is 1. The number of nitrogen functional groups attached to an aromatic ring is 1. The SMILES string of the molecule is CN1CCN(c2nc(N)c(-c3cc(Cl)cc(Cl)c3Cl)c(OS(C)(=O)=O)n2)CC1. The van der Waals surface area contributed by atoms with E-state index in [0.717, 1.165) is 19.3 Å². The molecule has 1 aromatic carbocycles. The third-order valence-corrected chi connectivity index (χ3v) is 5.65.